The van der Waals surface area contributed by atoms with Crippen LogP contribution in [0.25, 0.3) is 0 Å². The summed E-state index contributed by atoms with van der Waals surface area (Å²) in [6, 6.07) is 4.68. The number of carbonyl (C=O) groups excluding carboxylic acids is 1. The van der Waals surface area contributed by atoms with Crippen LogP contribution in [0.1, 0.15) is 10.4 Å². The number of benzene rings is 1. The summed E-state index contributed by atoms with van der Waals surface area (Å²) >= 11 is 3.25. The SMILES string of the molecule is COCC(CNC(=O)c1cc(Br)ccc1O)OC. The molecule has 100 valence electrons. The molecule has 0 heterocycles. The van der Waals surface area contributed by atoms with Crippen LogP contribution in [0.3, 0.4) is 0 Å². The molecule has 0 saturated heterocycles. The summed E-state index contributed by atoms with van der Waals surface area (Å²) < 4.78 is 10.8. The summed E-state index contributed by atoms with van der Waals surface area (Å²) in [6.45, 7) is 0.705. The van der Waals surface area contributed by atoms with Crippen LogP contribution in [-0.4, -0.2) is 44.5 Å². The van der Waals surface area contributed by atoms with Gasteiger partial charge in [0, 0.05) is 25.2 Å². The number of aromatic hydroxyl groups is 1. The molecule has 1 unspecified atom stereocenters. The van der Waals surface area contributed by atoms with Crippen LogP contribution < -0.4 is 5.32 Å². The Morgan fingerprint density at radius 3 is 2.83 bits per heavy atom. The molecule has 18 heavy (non-hydrogen) atoms. The standard InChI is InChI=1S/C12H16BrNO4/c1-17-7-9(18-2)6-14-12(16)10-5-8(13)3-4-11(10)15/h3-5,9,15H,6-7H2,1-2H3,(H,14,16). The van der Waals surface area contributed by atoms with Gasteiger partial charge in [0.05, 0.1) is 18.3 Å². The van der Waals surface area contributed by atoms with E-state index in [0.29, 0.717) is 13.2 Å². The highest BCUT2D eigenvalue weighted by Crippen LogP contribution is 2.21. The van der Waals surface area contributed by atoms with Crippen molar-refractivity contribution in [1.29, 1.82) is 0 Å². The second kappa shape index (κ2) is 7.35. The zero-order valence-corrected chi connectivity index (χ0v) is 11.9. The number of phenols is 1. The van der Waals surface area contributed by atoms with Gasteiger partial charge in [-0.3, -0.25) is 4.79 Å². The smallest absolute Gasteiger partial charge is 0.255 e. The van der Waals surface area contributed by atoms with Crippen molar-refractivity contribution >= 4 is 21.8 Å². The number of ether oxygens (including phenoxy) is 2. The number of phenolic OH excluding ortho intramolecular Hbond substituents is 1. The second-order valence-electron chi connectivity index (χ2n) is 3.68. The highest BCUT2D eigenvalue weighted by molar-refractivity contribution is 9.10. The summed E-state index contributed by atoms with van der Waals surface area (Å²) in [5.41, 5.74) is 0.219. The van der Waals surface area contributed by atoms with Crippen molar-refractivity contribution in [3.05, 3.63) is 28.2 Å². The van der Waals surface area contributed by atoms with Gasteiger partial charge in [-0.1, -0.05) is 15.9 Å². The Hall–Kier alpha value is -1.11. The van der Waals surface area contributed by atoms with E-state index in [4.69, 9.17) is 9.47 Å². The van der Waals surface area contributed by atoms with Gasteiger partial charge in [-0.2, -0.15) is 0 Å². The van der Waals surface area contributed by atoms with Crippen LogP contribution in [0.4, 0.5) is 0 Å². The van der Waals surface area contributed by atoms with E-state index in [2.05, 4.69) is 21.2 Å². The first-order valence-corrected chi connectivity index (χ1v) is 6.16. The van der Waals surface area contributed by atoms with Crippen molar-refractivity contribution in [2.75, 3.05) is 27.4 Å². The Morgan fingerprint density at radius 2 is 2.22 bits per heavy atom. The van der Waals surface area contributed by atoms with Crippen LogP contribution in [0.2, 0.25) is 0 Å². The normalized spacial score (nSPS) is 12.2. The largest absolute Gasteiger partial charge is 0.507 e. The van der Waals surface area contributed by atoms with Crippen molar-refractivity contribution in [3.8, 4) is 5.75 Å². The lowest BCUT2D eigenvalue weighted by atomic mass is 10.2. The fourth-order valence-corrected chi connectivity index (χ4v) is 1.75. The molecule has 5 nitrogen and oxygen atoms in total. The molecule has 0 fully saturated rings. The predicted molar refractivity (Wildman–Crippen MR) is 70.8 cm³/mol. The Kier molecular flexibility index (Phi) is 6.11. The molecule has 1 rings (SSSR count). The molecule has 0 bridgehead atoms. The number of carbonyl (C=O) groups is 1. The molecule has 1 aromatic rings. The summed E-state index contributed by atoms with van der Waals surface area (Å²) in [4.78, 5) is 11.9. The van der Waals surface area contributed by atoms with Crippen molar-refractivity contribution in [2.45, 2.75) is 6.10 Å². The predicted octanol–water partition coefficient (Wildman–Crippen LogP) is 1.55. The maximum Gasteiger partial charge on any atom is 0.255 e. The molecule has 0 aliphatic heterocycles. The highest BCUT2D eigenvalue weighted by Gasteiger charge is 2.14. The summed E-state index contributed by atoms with van der Waals surface area (Å²) in [7, 11) is 3.11. The minimum atomic E-state index is -0.355. The monoisotopic (exact) mass is 317 g/mol. The molecule has 0 aliphatic carbocycles. The van der Waals surface area contributed by atoms with Crippen molar-refractivity contribution in [1.82, 2.24) is 5.32 Å². The quantitative estimate of drug-likeness (QED) is 0.835. The lowest BCUT2D eigenvalue weighted by Gasteiger charge is -2.15. The van der Waals surface area contributed by atoms with Crippen molar-refractivity contribution < 1.29 is 19.4 Å². The zero-order valence-electron chi connectivity index (χ0n) is 10.3. The Bertz CT molecular complexity index is 411. The van der Waals surface area contributed by atoms with E-state index in [0.717, 1.165) is 4.47 Å². The van der Waals surface area contributed by atoms with Gasteiger partial charge in [0.15, 0.2) is 0 Å². The number of amides is 1. The first-order chi connectivity index (χ1) is 8.58. The molecule has 0 saturated carbocycles. The number of hydrogen-bond acceptors (Lipinski definition) is 4. The maximum atomic E-state index is 11.9. The van der Waals surface area contributed by atoms with Gasteiger partial charge < -0.3 is 19.9 Å². The Balaban J connectivity index is 2.62. The third kappa shape index (κ3) is 4.29. The number of halogens is 1. The fraction of sp³-hybridized carbons (Fsp3) is 0.417. The summed E-state index contributed by atoms with van der Waals surface area (Å²) in [5.74, 6) is -0.414. The van der Waals surface area contributed by atoms with Gasteiger partial charge in [0.1, 0.15) is 5.75 Å². The number of nitrogens with one attached hydrogen (secondary N) is 1. The molecule has 0 aromatic heterocycles. The topological polar surface area (TPSA) is 67.8 Å². The van der Waals surface area contributed by atoms with Crippen LogP contribution in [-0.2, 0) is 9.47 Å². The maximum absolute atomic E-state index is 11.9. The second-order valence-corrected chi connectivity index (χ2v) is 4.60. The van der Waals surface area contributed by atoms with Crippen LogP contribution in [0, 0.1) is 0 Å². The van der Waals surface area contributed by atoms with E-state index in [-0.39, 0.29) is 23.3 Å². The average molecular weight is 318 g/mol. The van der Waals surface area contributed by atoms with Gasteiger partial charge in [0.25, 0.3) is 5.91 Å². The van der Waals surface area contributed by atoms with Crippen LogP contribution >= 0.6 is 15.9 Å². The Morgan fingerprint density at radius 1 is 1.50 bits per heavy atom. The van der Waals surface area contributed by atoms with Gasteiger partial charge in [-0.15, -0.1) is 0 Å². The third-order valence-electron chi connectivity index (χ3n) is 2.38. The fourth-order valence-electron chi connectivity index (χ4n) is 1.39. The third-order valence-corrected chi connectivity index (χ3v) is 2.87. The molecular weight excluding hydrogens is 302 g/mol. The average Bonchev–Trinajstić information content (AvgIpc) is 2.37. The molecule has 1 amide bonds. The number of hydrogen-bond donors (Lipinski definition) is 2. The first kappa shape index (κ1) is 14.9. The molecule has 2 N–H and O–H groups in total. The zero-order chi connectivity index (χ0) is 13.5. The van der Waals surface area contributed by atoms with E-state index in [1.165, 1.54) is 6.07 Å². The molecule has 0 radical (unpaired) electrons. The molecular formula is C12H16BrNO4. The van der Waals surface area contributed by atoms with Crippen LogP contribution in [0.5, 0.6) is 5.75 Å². The summed E-state index contributed by atoms with van der Waals surface area (Å²) in [6.07, 6.45) is -0.215. The van der Waals surface area contributed by atoms with E-state index in [9.17, 15) is 9.90 Å². The minimum Gasteiger partial charge on any atom is -0.507 e. The molecule has 1 atom stereocenters. The van der Waals surface area contributed by atoms with Gasteiger partial charge in [-0.25, -0.2) is 0 Å². The lowest BCUT2D eigenvalue weighted by Crippen LogP contribution is -2.35. The Labute approximate surface area is 114 Å². The van der Waals surface area contributed by atoms with Gasteiger partial charge >= 0.3 is 0 Å². The molecule has 0 spiro atoms. The van der Waals surface area contributed by atoms with Gasteiger partial charge in [0.2, 0.25) is 0 Å². The first-order valence-electron chi connectivity index (χ1n) is 5.37. The van der Waals surface area contributed by atoms with E-state index in [1.807, 2.05) is 0 Å². The molecule has 6 heteroatoms. The van der Waals surface area contributed by atoms with E-state index >= 15 is 0 Å². The minimum absolute atomic E-state index is 0.0589. The van der Waals surface area contributed by atoms with E-state index in [1.54, 1.807) is 26.4 Å². The highest BCUT2D eigenvalue weighted by atomic mass is 79.9. The van der Waals surface area contributed by atoms with Crippen molar-refractivity contribution in [3.63, 3.8) is 0 Å². The van der Waals surface area contributed by atoms with E-state index < -0.39 is 0 Å². The number of methoxy groups -OCH3 is 2. The molecule has 0 aliphatic rings. The number of rotatable bonds is 6. The summed E-state index contributed by atoms with van der Waals surface area (Å²) in [5, 5.41) is 12.3. The van der Waals surface area contributed by atoms with Crippen LogP contribution in [0.15, 0.2) is 22.7 Å². The van der Waals surface area contributed by atoms with Gasteiger partial charge in [-0.05, 0) is 18.2 Å². The molecule has 1 aromatic carbocycles. The van der Waals surface area contributed by atoms with Crippen molar-refractivity contribution in [2.24, 2.45) is 0 Å². The lowest BCUT2D eigenvalue weighted by molar-refractivity contribution is 0.0285.